The lowest BCUT2D eigenvalue weighted by Crippen LogP contribution is -2.41. The van der Waals surface area contributed by atoms with Gasteiger partial charge < -0.3 is 10.2 Å². The standard InChI is InChI=1S/C17H23N3OS/c1-17(9-5-6-10-17)12-18-16(21)20(2)11-15-19-13-7-3-4-8-14(13)22-15/h3-4,7-8H,5-6,9-12H2,1-2H3,(H,18,21). The fourth-order valence-corrected chi connectivity index (χ4v) is 4.11. The topological polar surface area (TPSA) is 45.2 Å². The van der Waals surface area contributed by atoms with Gasteiger partial charge in [-0.25, -0.2) is 9.78 Å². The molecule has 0 aliphatic heterocycles. The molecule has 22 heavy (non-hydrogen) atoms. The molecule has 1 saturated carbocycles. The van der Waals surface area contributed by atoms with Gasteiger partial charge in [0.15, 0.2) is 0 Å². The molecule has 1 fully saturated rings. The largest absolute Gasteiger partial charge is 0.337 e. The minimum Gasteiger partial charge on any atom is -0.337 e. The number of carbonyl (C=O) groups excluding carboxylic acids is 1. The molecule has 1 aliphatic rings. The smallest absolute Gasteiger partial charge is 0.317 e. The number of amides is 2. The van der Waals surface area contributed by atoms with Crippen LogP contribution in [-0.2, 0) is 6.54 Å². The van der Waals surface area contributed by atoms with Gasteiger partial charge in [-0.1, -0.05) is 31.9 Å². The normalized spacial score (nSPS) is 16.8. The number of carbonyl (C=O) groups is 1. The Hall–Kier alpha value is -1.62. The second-order valence-corrected chi connectivity index (χ2v) is 7.72. The van der Waals surface area contributed by atoms with Crippen molar-refractivity contribution in [3.63, 3.8) is 0 Å². The molecule has 0 spiro atoms. The third kappa shape index (κ3) is 3.40. The van der Waals surface area contributed by atoms with E-state index in [9.17, 15) is 4.79 Å². The predicted octanol–water partition coefficient (Wildman–Crippen LogP) is 4.02. The van der Waals surface area contributed by atoms with Gasteiger partial charge in [0.05, 0.1) is 16.8 Å². The lowest BCUT2D eigenvalue weighted by atomic mass is 9.89. The number of para-hydroxylation sites is 1. The molecule has 0 bridgehead atoms. The van der Waals surface area contributed by atoms with Crippen molar-refractivity contribution in [3.8, 4) is 0 Å². The van der Waals surface area contributed by atoms with Crippen LogP contribution in [0.15, 0.2) is 24.3 Å². The van der Waals surface area contributed by atoms with Crippen LogP contribution in [0.1, 0.15) is 37.6 Å². The Bertz CT molecular complexity index is 628. The van der Waals surface area contributed by atoms with E-state index in [1.807, 2.05) is 25.2 Å². The summed E-state index contributed by atoms with van der Waals surface area (Å²) in [5.74, 6) is 0. The van der Waals surface area contributed by atoms with Gasteiger partial charge in [-0.05, 0) is 30.4 Å². The molecule has 2 aromatic rings. The summed E-state index contributed by atoms with van der Waals surface area (Å²) in [6.07, 6.45) is 5.01. The summed E-state index contributed by atoms with van der Waals surface area (Å²) in [5, 5.41) is 4.06. The average Bonchev–Trinajstić information content (AvgIpc) is 3.10. The van der Waals surface area contributed by atoms with Gasteiger partial charge in [0.2, 0.25) is 0 Å². The first kappa shape index (κ1) is 15.3. The number of urea groups is 1. The van der Waals surface area contributed by atoms with Gasteiger partial charge >= 0.3 is 6.03 Å². The Kier molecular flexibility index (Phi) is 4.34. The lowest BCUT2D eigenvalue weighted by Gasteiger charge is -2.25. The maximum absolute atomic E-state index is 12.3. The van der Waals surface area contributed by atoms with Gasteiger partial charge in [-0.15, -0.1) is 11.3 Å². The zero-order chi connectivity index (χ0) is 15.6. The van der Waals surface area contributed by atoms with Gasteiger partial charge in [0.25, 0.3) is 0 Å². The van der Waals surface area contributed by atoms with E-state index in [-0.39, 0.29) is 11.4 Å². The molecule has 1 heterocycles. The Morgan fingerprint density at radius 3 is 2.82 bits per heavy atom. The Labute approximate surface area is 135 Å². The van der Waals surface area contributed by atoms with E-state index >= 15 is 0 Å². The van der Waals surface area contributed by atoms with E-state index in [1.165, 1.54) is 30.4 Å². The van der Waals surface area contributed by atoms with Crippen LogP contribution in [0.2, 0.25) is 0 Å². The minimum absolute atomic E-state index is 0.00705. The predicted molar refractivity (Wildman–Crippen MR) is 91.1 cm³/mol. The van der Waals surface area contributed by atoms with Crippen LogP contribution < -0.4 is 5.32 Å². The number of fused-ring (bicyclic) bond motifs is 1. The van der Waals surface area contributed by atoms with Crippen LogP contribution >= 0.6 is 11.3 Å². The van der Waals surface area contributed by atoms with Crippen molar-refractivity contribution in [1.29, 1.82) is 0 Å². The van der Waals surface area contributed by atoms with Crippen molar-refractivity contribution in [2.75, 3.05) is 13.6 Å². The van der Waals surface area contributed by atoms with E-state index in [4.69, 9.17) is 0 Å². The van der Waals surface area contributed by atoms with E-state index in [0.29, 0.717) is 6.54 Å². The van der Waals surface area contributed by atoms with Gasteiger partial charge in [0.1, 0.15) is 5.01 Å². The summed E-state index contributed by atoms with van der Waals surface area (Å²) in [5.41, 5.74) is 1.29. The summed E-state index contributed by atoms with van der Waals surface area (Å²) in [7, 11) is 1.83. The molecule has 5 heteroatoms. The highest BCUT2D eigenvalue weighted by Crippen LogP contribution is 2.36. The molecule has 1 aliphatic carbocycles. The number of nitrogens with zero attached hydrogens (tertiary/aromatic N) is 2. The fourth-order valence-electron chi connectivity index (χ4n) is 3.09. The third-order valence-corrected chi connectivity index (χ3v) is 5.56. The van der Waals surface area contributed by atoms with Crippen molar-refractivity contribution < 1.29 is 4.79 Å². The second-order valence-electron chi connectivity index (χ2n) is 6.61. The zero-order valence-corrected chi connectivity index (χ0v) is 14.1. The van der Waals surface area contributed by atoms with Crippen LogP contribution in [0.3, 0.4) is 0 Å². The molecule has 118 valence electrons. The molecule has 0 unspecified atom stereocenters. The first-order valence-electron chi connectivity index (χ1n) is 7.89. The minimum atomic E-state index is -0.00705. The highest BCUT2D eigenvalue weighted by Gasteiger charge is 2.29. The number of benzene rings is 1. The second kappa shape index (κ2) is 6.24. The van der Waals surface area contributed by atoms with Gasteiger partial charge in [0, 0.05) is 13.6 Å². The zero-order valence-electron chi connectivity index (χ0n) is 13.3. The first-order chi connectivity index (χ1) is 10.6. The van der Waals surface area contributed by atoms with Crippen LogP contribution in [-0.4, -0.2) is 29.5 Å². The first-order valence-corrected chi connectivity index (χ1v) is 8.71. The van der Waals surface area contributed by atoms with Gasteiger partial charge in [-0.2, -0.15) is 0 Å². The van der Waals surface area contributed by atoms with Crippen molar-refractivity contribution in [2.24, 2.45) is 5.41 Å². The van der Waals surface area contributed by atoms with E-state index in [0.717, 1.165) is 17.1 Å². The number of thiazole rings is 1. The average molecular weight is 317 g/mol. The fraction of sp³-hybridized carbons (Fsp3) is 0.529. The lowest BCUT2D eigenvalue weighted by molar-refractivity contribution is 0.199. The van der Waals surface area contributed by atoms with E-state index in [2.05, 4.69) is 23.3 Å². The summed E-state index contributed by atoms with van der Waals surface area (Å²) in [6.45, 7) is 3.60. The molecule has 2 amide bonds. The molecule has 3 rings (SSSR count). The van der Waals surface area contributed by atoms with E-state index in [1.54, 1.807) is 16.2 Å². The van der Waals surface area contributed by atoms with Gasteiger partial charge in [-0.3, -0.25) is 0 Å². The molecule has 1 aromatic heterocycles. The molecule has 0 atom stereocenters. The number of hydrogen-bond donors (Lipinski definition) is 1. The van der Waals surface area contributed by atoms with Crippen LogP contribution in [0.25, 0.3) is 10.2 Å². The van der Waals surface area contributed by atoms with Crippen molar-refractivity contribution in [1.82, 2.24) is 15.2 Å². The Morgan fingerprint density at radius 2 is 2.09 bits per heavy atom. The SMILES string of the molecule is CN(Cc1nc2ccccc2s1)C(=O)NCC1(C)CCCC1. The van der Waals surface area contributed by atoms with E-state index < -0.39 is 0 Å². The number of hydrogen-bond acceptors (Lipinski definition) is 3. The van der Waals surface area contributed by atoms with Crippen molar-refractivity contribution in [3.05, 3.63) is 29.3 Å². The number of rotatable bonds is 4. The molecule has 1 N–H and O–H groups in total. The maximum Gasteiger partial charge on any atom is 0.317 e. The molecule has 0 saturated heterocycles. The Balaban J connectivity index is 1.56. The Morgan fingerprint density at radius 1 is 1.36 bits per heavy atom. The van der Waals surface area contributed by atoms with Crippen molar-refractivity contribution in [2.45, 2.75) is 39.2 Å². The summed E-state index contributed by atoms with van der Waals surface area (Å²) < 4.78 is 1.17. The molecule has 4 nitrogen and oxygen atoms in total. The molecular formula is C17H23N3OS. The van der Waals surface area contributed by atoms with Crippen molar-refractivity contribution >= 4 is 27.6 Å². The quantitative estimate of drug-likeness (QED) is 0.925. The van der Waals surface area contributed by atoms with Crippen LogP contribution in [0, 0.1) is 5.41 Å². The third-order valence-electron chi connectivity index (χ3n) is 4.53. The highest BCUT2D eigenvalue weighted by atomic mass is 32.1. The summed E-state index contributed by atoms with van der Waals surface area (Å²) >= 11 is 1.65. The summed E-state index contributed by atoms with van der Waals surface area (Å²) in [4.78, 5) is 18.6. The van der Waals surface area contributed by atoms with Crippen LogP contribution in [0.5, 0.6) is 0 Å². The number of aromatic nitrogens is 1. The monoisotopic (exact) mass is 317 g/mol. The number of nitrogens with one attached hydrogen (secondary N) is 1. The maximum atomic E-state index is 12.3. The molecule has 1 aromatic carbocycles. The molecule has 0 radical (unpaired) electrons. The van der Waals surface area contributed by atoms with Crippen LogP contribution in [0.4, 0.5) is 4.79 Å². The highest BCUT2D eigenvalue weighted by molar-refractivity contribution is 7.18. The summed E-state index contributed by atoms with van der Waals surface area (Å²) in [6, 6.07) is 8.08. The molecular weight excluding hydrogens is 294 g/mol.